The molecular weight excluding hydrogens is 272 g/mol. The summed E-state index contributed by atoms with van der Waals surface area (Å²) in [6.45, 7) is 2.10. The van der Waals surface area contributed by atoms with Crippen LogP contribution in [0.5, 0.6) is 0 Å². The first-order valence-corrected chi connectivity index (χ1v) is 9.60. The molecule has 0 amide bonds. The Hall–Kier alpha value is -0.790. The zero-order valence-electron chi connectivity index (χ0n) is 14.8. The molecule has 0 aromatic heterocycles. The Morgan fingerprint density at radius 2 is 1.05 bits per heavy atom. The Kier molecular flexibility index (Phi) is 17.6. The van der Waals surface area contributed by atoms with Crippen molar-refractivity contribution in [3.05, 3.63) is 12.2 Å². The molecule has 0 aliphatic heterocycles. The fourth-order valence-electron chi connectivity index (χ4n) is 2.83. The molecule has 0 spiro atoms. The van der Waals surface area contributed by atoms with Crippen LogP contribution in [0, 0.1) is 0 Å². The molecule has 0 radical (unpaired) electrons. The highest BCUT2D eigenvalue weighted by atomic mass is 16.4. The van der Waals surface area contributed by atoms with Crippen LogP contribution in [0.1, 0.15) is 110 Å². The molecule has 2 nitrogen and oxygen atoms in total. The van der Waals surface area contributed by atoms with Crippen LogP contribution in [0.3, 0.4) is 0 Å². The van der Waals surface area contributed by atoms with Crippen LogP contribution in [-0.4, -0.2) is 11.1 Å². The fraction of sp³-hybridized carbons (Fsp3) is 0.850. The van der Waals surface area contributed by atoms with Crippen LogP contribution in [0.4, 0.5) is 0 Å². The van der Waals surface area contributed by atoms with E-state index in [4.69, 9.17) is 5.11 Å². The first-order chi connectivity index (χ1) is 10.8. The largest absolute Gasteiger partial charge is 0.481 e. The first-order valence-electron chi connectivity index (χ1n) is 9.60. The predicted octanol–water partition coefficient (Wildman–Crippen LogP) is 6.89. The summed E-state index contributed by atoms with van der Waals surface area (Å²) in [5, 5.41) is 8.54. The van der Waals surface area contributed by atoms with E-state index in [0.29, 0.717) is 6.42 Å². The number of allylic oxidation sites excluding steroid dienone is 2. The number of unbranched alkanes of at least 4 members (excludes halogenated alkanes) is 14. The van der Waals surface area contributed by atoms with E-state index >= 15 is 0 Å². The van der Waals surface area contributed by atoms with Crippen molar-refractivity contribution in [1.29, 1.82) is 0 Å². The summed E-state index contributed by atoms with van der Waals surface area (Å²) >= 11 is 0. The third-order valence-electron chi connectivity index (χ3n) is 4.25. The highest BCUT2D eigenvalue weighted by molar-refractivity contribution is 5.66. The van der Waals surface area contributed by atoms with Gasteiger partial charge in [-0.05, 0) is 26.2 Å². The monoisotopic (exact) mass is 310 g/mol. The van der Waals surface area contributed by atoms with Crippen LogP contribution in [-0.2, 0) is 4.79 Å². The molecule has 0 rings (SSSR count). The standard InChI is InChI=1S/C20H38O2/c1-2-3-4-5-6-7-8-9-10-11-12-13-14-15-16-17-18-19-20(21)22/h2-3H,4-19H2,1H3,(H,21,22)/b3-2+. The minimum atomic E-state index is -0.655. The highest BCUT2D eigenvalue weighted by Gasteiger charge is 1.97. The Labute approximate surface area is 138 Å². The summed E-state index contributed by atoms with van der Waals surface area (Å²) in [5.74, 6) is -0.655. The molecule has 0 atom stereocenters. The third-order valence-corrected chi connectivity index (χ3v) is 4.25. The molecule has 130 valence electrons. The van der Waals surface area contributed by atoms with Gasteiger partial charge in [-0.15, -0.1) is 0 Å². The maximum Gasteiger partial charge on any atom is 0.303 e. The van der Waals surface area contributed by atoms with E-state index in [0.717, 1.165) is 12.8 Å². The molecule has 1 N–H and O–H groups in total. The molecule has 0 aliphatic carbocycles. The average Bonchev–Trinajstić information content (AvgIpc) is 2.50. The minimum absolute atomic E-state index is 0.343. The van der Waals surface area contributed by atoms with Crippen molar-refractivity contribution in [2.24, 2.45) is 0 Å². The van der Waals surface area contributed by atoms with Gasteiger partial charge in [-0.1, -0.05) is 89.2 Å². The first kappa shape index (κ1) is 21.2. The lowest BCUT2D eigenvalue weighted by Crippen LogP contribution is -1.93. The van der Waals surface area contributed by atoms with Gasteiger partial charge in [0, 0.05) is 6.42 Å². The summed E-state index contributed by atoms with van der Waals surface area (Å²) in [6, 6.07) is 0. The molecule has 2 heteroatoms. The molecule has 0 bridgehead atoms. The Bertz CT molecular complexity index is 258. The summed E-state index contributed by atoms with van der Waals surface area (Å²) in [7, 11) is 0. The van der Waals surface area contributed by atoms with Crippen LogP contribution >= 0.6 is 0 Å². The summed E-state index contributed by atoms with van der Waals surface area (Å²) in [5.41, 5.74) is 0. The van der Waals surface area contributed by atoms with Crippen molar-refractivity contribution in [1.82, 2.24) is 0 Å². The van der Waals surface area contributed by atoms with E-state index in [1.807, 2.05) is 0 Å². The lowest BCUT2D eigenvalue weighted by Gasteiger charge is -2.03. The van der Waals surface area contributed by atoms with Gasteiger partial charge >= 0.3 is 5.97 Å². The second-order valence-electron chi connectivity index (χ2n) is 6.45. The number of aliphatic carboxylic acids is 1. The second-order valence-corrected chi connectivity index (χ2v) is 6.45. The zero-order valence-corrected chi connectivity index (χ0v) is 14.8. The van der Waals surface area contributed by atoms with Crippen molar-refractivity contribution in [2.45, 2.75) is 110 Å². The van der Waals surface area contributed by atoms with Gasteiger partial charge in [0.05, 0.1) is 0 Å². The van der Waals surface area contributed by atoms with Crippen molar-refractivity contribution >= 4 is 5.97 Å². The van der Waals surface area contributed by atoms with E-state index in [9.17, 15) is 4.79 Å². The lowest BCUT2D eigenvalue weighted by atomic mass is 10.0. The number of rotatable bonds is 17. The van der Waals surface area contributed by atoms with Gasteiger partial charge in [-0.25, -0.2) is 0 Å². The normalized spacial score (nSPS) is 11.3. The quantitative estimate of drug-likeness (QED) is 0.234. The van der Waals surface area contributed by atoms with Crippen LogP contribution < -0.4 is 0 Å². The SMILES string of the molecule is C/C=C/CCCCCCCCCCCCCCCCC(=O)O. The molecule has 0 aliphatic rings. The average molecular weight is 311 g/mol. The predicted molar refractivity (Wildman–Crippen MR) is 96.3 cm³/mol. The lowest BCUT2D eigenvalue weighted by molar-refractivity contribution is -0.137. The van der Waals surface area contributed by atoms with Crippen molar-refractivity contribution in [2.75, 3.05) is 0 Å². The molecule has 0 saturated heterocycles. The van der Waals surface area contributed by atoms with Crippen LogP contribution in [0.15, 0.2) is 12.2 Å². The second kappa shape index (κ2) is 18.3. The fourth-order valence-corrected chi connectivity index (χ4v) is 2.83. The van der Waals surface area contributed by atoms with E-state index < -0.39 is 5.97 Å². The highest BCUT2D eigenvalue weighted by Crippen LogP contribution is 2.13. The van der Waals surface area contributed by atoms with Gasteiger partial charge in [0.15, 0.2) is 0 Å². The van der Waals surface area contributed by atoms with Crippen molar-refractivity contribution in [3.63, 3.8) is 0 Å². The van der Waals surface area contributed by atoms with Crippen molar-refractivity contribution < 1.29 is 9.90 Å². The summed E-state index contributed by atoms with van der Waals surface area (Å²) < 4.78 is 0. The van der Waals surface area contributed by atoms with E-state index in [-0.39, 0.29) is 0 Å². The number of carboxylic acids is 1. The summed E-state index contributed by atoms with van der Waals surface area (Å²) in [4.78, 5) is 10.4. The van der Waals surface area contributed by atoms with Gasteiger partial charge < -0.3 is 5.11 Å². The number of carboxylic acid groups (broad SMARTS) is 1. The van der Waals surface area contributed by atoms with E-state index in [2.05, 4.69) is 19.1 Å². The number of hydrogen-bond donors (Lipinski definition) is 1. The molecular formula is C20H38O2. The third kappa shape index (κ3) is 19.2. The van der Waals surface area contributed by atoms with Crippen molar-refractivity contribution in [3.8, 4) is 0 Å². The topological polar surface area (TPSA) is 37.3 Å². The molecule has 0 aromatic rings. The molecule has 0 aromatic carbocycles. The maximum atomic E-state index is 10.4. The molecule has 0 saturated carbocycles. The Morgan fingerprint density at radius 1 is 0.682 bits per heavy atom. The molecule has 0 unspecified atom stereocenters. The number of hydrogen-bond acceptors (Lipinski definition) is 1. The van der Waals surface area contributed by atoms with E-state index in [1.165, 1.54) is 83.5 Å². The molecule has 22 heavy (non-hydrogen) atoms. The van der Waals surface area contributed by atoms with Gasteiger partial charge in [-0.2, -0.15) is 0 Å². The summed E-state index contributed by atoms with van der Waals surface area (Å²) in [6.07, 6.45) is 24.3. The minimum Gasteiger partial charge on any atom is -0.481 e. The maximum absolute atomic E-state index is 10.4. The van der Waals surface area contributed by atoms with Gasteiger partial charge in [0.25, 0.3) is 0 Å². The van der Waals surface area contributed by atoms with E-state index in [1.54, 1.807) is 0 Å². The Morgan fingerprint density at radius 3 is 1.41 bits per heavy atom. The van der Waals surface area contributed by atoms with Crippen LogP contribution in [0.2, 0.25) is 0 Å². The number of carbonyl (C=O) groups is 1. The smallest absolute Gasteiger partial charge is 0.303 e. The zero-order chi connectivity index (χ0) is 16.3. The van der Waals surface area contributed by atoms with Gasteiger partial charge in [0.1, 0.15) is 0 Å². The molecule has 0 fully saturated rings. The van der Waals surface area contributed by atoms with Gasteiger partial charge in [0.2, 0.25) is 0 Å². The molecule has 0 heterocycles. The van der Waals surface area contributed by atoms with Crippen LogP contribution in [0.25, 0.3) is 0 Å². The Balaban J connectivity index is 2.98. The van der Waals surface area contributed by atoms with Gasteiger partial charge in [-0.3, -0.25) is 4.79 Å².